The highest BCUT2D eigenvalue weighted by Crippen LogP contribution is 2.33. The van der Waals surface area contributed by atoms with Crippen molar-refractivity contribution in [2.24, 2.45) is 0 Å². The Kier molecular flexibility index (Phi) is 4.25. The zero-order valence-corrected chi connectivity index (χ0v) is 14.2. The summed E-state index contributed by atoms with van der Waals surface area (Å²) in [4.78, 5) is 11.1. The second-order valence-electron chi connectivity index (χ2n) is 6.00. The maximum atomic E-state index is 11.6. The number of benzene rings is 1. The van der Waals surface area contributed by atoms with Crippen molar-refractivity contribution in [2.45, 2.75) is 32.4 Å². The molecule has 1 aliphatic rings. The predicted octanol–water partition coefficient (Wildman–Crippen LogP) is 2.62. The second kappa shape index (κ2) is 6.71. The fraction of sp³-hybridized carbons (Fsp3) is 0.438. The van der Waals surface area contributed by atoms with Gasteiger partial charge in [0.25, 0.3) is 11.6 Å². The van der Waals surface area contributed by atoms with Gasteiger partial charge in [-0.3, -0.25) is 10.1 Å². The van der Waals surface area contributed by atoms with Gasteiger partial charge in [0.05, 0.1) is 40.5 Å². The Morgan fingerprint density at radius 1 is 1.42 bits per heavy atom. The molecule has 136 valence electrons. The van der Waals surface area contributed by atoms with Crippen molar-refractivity contribution < 1.29 is 14.4 Å². The normalized spacial score (nSPS) is 17.5. The van der Waals surface area contributed by atoms with Crippen LogP contribution in [0.3, 0.4) is 0 Å². The van der Waals surface area contributed by atoms with E-state index in [1.54, 1.807) is 16.9 Å². The molecule has 1 unspecified atom stereocenters. The van der Waals surface area contributed by atoms with E-state index in [9.17, 15) is 10.1 Å². The third kappa shape index (κ3) is 2.88. The van der Waals surface area contributed by atoms with Crippen LogP contribution in [-0.4, -0.2) is 42.9 Å². The first-order chi connectivity index (χ1) is 12.7. The lowest BCUT2D eigenvalue weighted by atomic mass is 10.1. The van der Waals surface area contributed by atoms with Crippen LogP contribution in [0.15, 0.2) is 24.5 Å². The first kappa shape index (κ1) is 16.5. The zero-order chi connectivity index (χ0) is 18.1. The fourth-order valence-corrected chi connectivity index (χ4v) is 3.13. The minimum atomic E-state index is -0.417. The van der Waals surface area contributed by atoms with Crippen molar-refractivity contribution in [1.82, 2.24) is 24.8 Å². The molecule has 1 aliphatic heterocycles. The molecule has 1 fully saturated rings. The Hall–Kier alpha value is -3.01. The smallest absolute Gasteiger partial charge is 0.282 e. The molecule has 2 aromatic heterocycles. The van der Waals surface area contributed by atoms with E-state index in [0.717, 1.165) is 19.3 Å². The third-order valence-corrected chi connectivity index (χ3v) is 4.33. The van der Waals surface area contributed by atoms with Gasteiger partial charge in [0, 0.05) is 12.7 Å². The van der Waals surface area contributed by atoms with Crippen molar-refractivity contribution in [3.05, 3.63) is 34.6 Å². The van der Waals surface area contributed by atoms with Crippen LogP contribution >= 0.6 is 0 Å². The zero-order valence-electron chi connectivity index (χ0n) is 14.2. The summed E-state index contributed by atoms with van der Waals surface area (Å²) in [6.45, 7) is 2.97. The molecular formula is C16H18N6O4. The van der Waals surface area contributed by atoms with Crippen LogP contribution in [0.1, 0.15) is 32.4 Å². The van der Waals surface area contributed by atoms with Gasteiger partial charge in [-0.25, -0.2) is 9.36 Å². The molecule has 1 aromatic carbocycles. The van der Waals surface area contributed by atoms with Gasteiger partial charge in [-0.15, -0.1) is 0 Å². The molecule has 0 aliphatic carbocycles. The molecule has 1 atom stereocenters. The number of nitro groups is 1. The standard InChI is InChI=1S/C16H18N6O4/c1-2-25-15-10-20(19-18-15)11-7-13-12(14(8-11)22(23)24)9-17-21(13)16-5-3-4-6-26-16/h7-10,16H,2-6H2,1H3. The van der Waals surface area contributed by atoms with Crippen LogP contribution < -0.4 is 4.74 Å². The average molecular weight is 358 g/mol. The summed E-state index contributed by atoms with van der Waals surface area (Å²) in [7, 11) is 0. The van der Waals surface area contributed by atoms with Crippen molar-refractivity contribution in [3.63, 3.8) is 0 Å². The van der Waals surface area contributed by atoms with Gasteiger partial charge in [0.1, 0.15) is 0 Å². The highest BCUT2D eigenvalue weighted by Gasteiger charge is 2.24. The number of nitro benzene ring substituents is 1. The predicted molar refractivity (Wildman–Crippen MR) is 91.3 cm³/mol. The fourth-order valence-electron chi connectivity index (χ4n) is 3.13. The minimum Gasteiger partial charge on any atom is -0.476 e. The van der Waals surface area contributed by atoms with E-state index >= 15 is 0 Å². The molecule has 0 spiro atoms. The number of fused-ring (bicyclic) bond motifs is 1. The Morgan fingerprint density at radius 3 is 3.04 bits per heavy atom. The number of ether oxygens (including phenoxy) is 2. The van der Waals surface area contributed by atoms with Crippen LogP contribution in [0.5, 0.6) is 5.88 Å². The van der Waals surface area contributed by atoms with E-state index in [1.807, 2.05) is 6.92 Å². The second-order valence-corrected chi connectivity index (χ2v) is 6.00. The summed E-state index contributed by atoms with van der Waals surface area (Å²) < 4.78 is 14.3. The quantitative estimate of drug-likeness (QED) is 0.509. The molecule has 0 amide bonds. The van der Waals surface area contributed by atoms with Gasteiger partial charge in [-0.1, -0.05) is 10.3 Å². The van der Waals surface area contributed by atoms with Crippen molar-refractivity contribution in [1.29, 1.82) is 0 Å². The van der Waals surface area contributed by atoms with Crippen LogP contribution in [0, 0.1) is 10.1 Å². The first-order valence-corrected chi connectivity index (χ1v) is 8.50. The van der Waals surface area contributed by atoms with Gasteiger partial charge < -0.3 is 9.47 Å². The molecular weight excluding hydrogens is 340 g/mol. The average Bonchev–Trinajstić information content (AvgIpc) is 3.28. The summed E-state index contributed by atoms with van der Waals surface area (Å²) in [5, 5.41) is 24.3. The van der Waals surface area contributed by atoms with Crippen molar-refractivity contribution in [3.8, 4) is 11.6 Å². The van der Waals surface area contributed by atoms with Crippen LogP contribution in [0.4, 0.5) is 5.69 Å². The summed E-state index contributed by atoms with van der Waals surface area (Å²) >= 11 is 0. The van der Waals surface area contributed by atoms with Gasteiger partial charge in [-0.2, -0.15) is 5.10 Å². The van der Waals surface area contributed by atoms with E-state index < -0.39 is 4.92 Å². The molecule has 0 saturated carbocycles. The highest BCUT2D eigenvalue weighted by atomic mass is 16.6. The number of rotatable bonds is 5. The molecule has 4 rings (SSSR count). The number of aromatic nitrogens is 5. The molecule has 1 saturated heterocycles. The topological polar surface area (TPSA) is 110 Å². The Morgan fingerprint density at radius 2 is 2.31 bits per heavy atom. The first-order valence-electron chi connectivity index (χ1n) is 8.50. The lowest BCUT2D eigenvalue weighted by molar-refractivity contribution is -0.383. The van der Waals surface area contributed by atoms with Crippen LogP contribution in [-0.2, 0) is 4.74 Å². The number of nitrogens with zero attached hydrogens (tertiary/aromatic N) is 6. The summed E-state index contributed by atoms with van der Waals surface area (Å²) in [6.07, 6.45) is 5.77. The SMILES string of the molecule is CCOc1cn(-c2cc([N+](=O)[O-])c3cnn(C4CCCCO4)c3c2)nn1. The van der Waals surface area contributed by atoms with Gasteiger partial charge in [0.15, 0.2) is 6.23 Å². The summed E-state index contributed by atoms with van der Waals surface area (Å²) in [5.41, 5.74) is 1.11. The molecule has 0 bridgehead atoms. The molecule has 0 N–H and O–H groups in total. The van der Waals surface area contributed by atoms with Crippen molar-refractivity contribution >= 4 is 16.6 Å². The molecule has 10 heteroatoms. The Balaban J connectivity index is 1.83. The molecule has 3 heterocycles. The van der Waals surface area contributed by atoms with E-state index in [1.165, 1.54) is 16.9 Å². The molecule has 0 radical (unpaired) electrons. The van der Waals surface area contributed by atoms with Gasteiger partial charge in [-0.05, 0) is 32.3 Å². The van der Waals surface area contributed by atoms with E-state index in [0.29, 0.717) is 35.7 Å². The largest absolute Gasteiger partial charge is 0.476 e. The maximum absolute atomic E-state index is 11.6. The van der Waals surface area contributed by atoms with E-state index in [-0.39, 0.29) is 11.9 Å². The Bertz CT molecular complexity index is 944. The van der Waals surface area contributed by atoms with Gasteiger partial charge in [0.2, 0.25) is 0 Å². The Labute approximate surface area is 148 Å². The van der Waals surface area contributed by atoms with Crippen LogP contribution in [0.2, 0.25) is 0 Å². The van der Waals surface area contributed by atoms with Crippen LogP contribution in [0.25, 0.3) is 16.6 Å². The number of non-ortho nitro benzene ring substituents is 1. The molecule has 3 aromatic rings. The lowest BCUT2D eigenvalue weighted by Gasteiger charge is -2.23. The third-order valence-electron chi connectivity index (χ3n) is 4.33. The highest BCUT2D eigenvalue weighted by molar-refractivity contribution is 5.90. The van der Waals surface area contributed by atoms with Crippen molar-refractivity contribution in [2.75, 3.05) is 13.2 Å². The maximum Gasteiger partial charge on any atom is 0.282 e. The van der Waals surface area contributed by atoms with Gasteiger partial charge >= 0.3 is 0 Å². The minimum absolute atomic E-state index is 0.0342. The number of hydrogen-bond donors (Lipinski definition) is 0. The molecule has 26 heavy (non-hydrogen) atoms. The molecule has 10 nitrogen and oxygen atoms in total. The monoisotopic (exact) mass is 358 g/mol. The summed E-state index contributed by atoms with van der Waals surface area (Å²) in [5.74, 6) is 0.361. The summed E-state index contributed by atoms with van der Waals surface area (Å²) in [6, 6.07) is 3.26. The van der Waals surface area contributed by atoms with E-state index in [4.69, 9.17) is 9.47 Å². The van der Waals surface area contributed by atoms with E-state index in [2.05, 4.69) is 15.4 Å². The number of hydrogen-bond acceptors (Lipinski definition) is 7. The lowest BCUT2D eigenvalue weighted by Crippen LogP contribution is -2.19.